The summed E-state index contributed by atoms with van der Waals surface area (Å²) in [6, 6.07) is 70.6. The molecule has 0 radical (unpaired) electrons. The number of nitrogens with zero attached hydrogens (tertiary/aromatic N) is 4. The van der Waals surface area contributed by atoms with Crippen molar-refractivity contribution in [2.75, 3.05) is 4.90 Å². The van der Waals surface area contributed by atoms with Crippen LogP contribution in [0, 0.1) is 0 Å². The van der Waals surface area contributed by atoms with Gasteiger partial charge < -0.3 is 9.47 Å². The van der Waals surface area contributed by atoms with Crippen molar-refractivity contribution in [3.8, 4) is 50.2 Å². The maximum absolute atomic E-state index is 9.80. The lowest BCUT2D eigenvalue weighted by molar-refractivity contribution is 0.591. The molecule has 2 aliphatic heterocycles. The highest BCUT2D eigenvalue weighted by atomic mass is 32.2. The van der Waals surface area contributed by atoms with E-state index in [-0.39, 0.29) is 36.3 Å². The SMILES string of the molecule is [2H]c1c([2H])c([2H])c2c(c1[2H])c1cc(C(C)(C)C)ccc1n2-c1cc2c3c(c1)N(c1c(-c4ccc5c(c4)sc4ccccc45)cccc1-c1ccc4c(c1)sc1ccccc14)c1ccc(-c4cccnc4)cc1B3c1cc(-c3cccnc3)ccc1S2. The van der Waals surface area contributed by atoms with Crippen molar-refractivity contribution >= 4 is 137 Å². The minimum atomic E-state index is -0.264. The van der Waals surface area contributed by atoms with E-state index in [2.05, 4.69) is 222 Å². The first-order valence-corrected chi connectivity index (χ1v) is 30.1. The number of benzene rings is 10. The second kappa shape index (κ2) is 18.2. The lowest BCUT2D eigenvalue weighted by Crippen LogP contribution is -2.60. The summed E-state index contributed by atoms with van der Waals surface area (Å²) in [6.45, 7) is 6.31. The van der Waals surface area contributed by atoms with Gasteiger partial charge >= 0.3 is 0 Å². The number of pyridine rings is 2. The van der Waals surface area contributed by atoms with Crippen LogP contribution in [0.25, 0.3) is 112 Å². The highest BCUT2D eigenvalue weighted by molar-refractivity contribution is 8.00. The van der Waals surface area contributed by atoms with Gasteiger partial charge in [0.15, 0.2) is 0 Å². The summed E-state index contributed by atoms with van der Waals surface area (Å²) in [5.41, 5.74) is 18.0. The third-order valence-electron chi connectivity index (χ3n) is 16.9. The van der Waals surface area contributed by atoms with Gasteiger partial charge in [-0.3, -0.25) is 9.97 Å². The number of para-hydroxylation sites is 2. The predicted octanol–water partition coefficient (Wildman–Crippen LogP) is 19.0. The minimum Gasteiger partial charge on any atom is -0.310 e. The molecular weight excluding hydrogens is 1050 g/mol. The van der Waals surface area contributed by atoms with Gasteiger partial charge in [-0.05, 0) is 134 Å². The summed E-state index contributed by atoms with van der Waals surface area (Å²) in [4.78, 5) is 13.9. The van der Waals surface area contributed by atoms with E-state index in [1.54, 1.807) is 11.8 Å². The molecule has 386 valence electrons. The maximum atomic E-state index is 9.80. The Morgan fingerprint density at radius 1 is 0.451 bits per heavy atom. The Morgan fingerprint density at radius 3 is 1.73 bits per heavy atom. The average molecular weight is 1110 g/mol. The maximum Gasteiger partial charge on any atom is 0.249 e. The van der Waals surface area contributed by atoms with E-state index in [1.165, 1.54) is 45.8 Å². The van der Waals surface area contributed by atoms with Crippen LogP contribution in [-0.4, -0.2) is 21.2 Å². The Morgan fingerprint density at radius 2 is 1.07 bits per heavy atom. The van der Waals surface area contributed by atoms with Gasteiger partial charge in [0.1, 0.15) is 0 Å². The average Bonchev–Trinajstić information content (AvgIpc) is 1.00. The van der Waals surface area contributed by atoms with Crippen molar-refractivity contribution in [3.05, 3.63) is 249 Å². The van der Waals surface area contributed by atoms with Crippen LogP contribution in [-0.2, 0) is 5.41 Å². The van der Waals surface area contributed by atoms with Crippen LogP contribution in [0.15, 0.2) is 253 Å². The van der Waals surface area contributed by atoms with Gasteiger partial charge in [-0.25, -0.2) is 0 Å². The molecule has 8 heteroatoms. The summed E-state index contributed by atoms with van der Waals surface area (Å²) in [5.74, 6) is 0. The van der Waals surface area contributed by atoms with Crippen LogP contribution < -0.4 is 21.3 Å². The fourth-order valence-corrected chi connectivity index (χ4v) is 16.5. The molecule has 10 aromatic carbocycles. The van der Waals surface area contributed by atoms with E-state index in [9.17, 15) is 4.11 Å². The van der Waals surface area contributed by atoms with Crippen LogP contribution in [0.5, 0.6) is 0 Å². The molecule has 0 aliphatic carbocycles. The van der Waals surface area contributed by atoms with Crippen molar-refractivity contribution in [1.29, 1.82) is 0 Å². The lowest BCUT2D eigenvalue weighted by Gasteiger charge is -2.42. The molecule has 0 N–H and O–H groups in total. The molecule has 0 fully saturated rings. The first kappa shape index (κ1) is 43.7. The number of anilines is 3. The molecule has 4 nitrogen and oxygen atoms in total. The second-order valence-corrected chi connectivity index (χ2v) is 25.9. The molecule has 0 saturated heterocycles. The van der Waals surface area contributed by atoms with Crippen molar-refractivity contribution in [1.82, 2.24) is 14.5 Å². The third-order valence-corrected chi connectivity index (χ3v) is 20.3. The number of thiophene rings is 2. The number of aromatic nitrogens is 3. The molecule has 0 amide bonds. The molecule has 0 spiro atoms. The van der Waals surface area contributed by atoms with E-state index in [0.717, 1.165) is 104 Å². The number of hydrogen-bond acceptors (Lipinski definition) is 6. The molecule has 5 aromatic heterocycles. The molecule has 82 heavy (non-hydrogen) atoms. The monoisotopic (exact) mass is 1100 g/mol. The third kappa shape index (κ3) is 7.38. The van der Waals surface area contributed by atoms with E-state index >= 15 is 0 Å². The lowest BCUT2D eigenvalue weighted by atomic mass is 9.34. The Labute approximate surface area is 493 Å². The quantitative estimate of drug-likeness (QED) is 0.155. The van der Waals surface area contributed by atoms with Gasteiger partial charge in [-0.2, -0.15) is 0 Å². The zero-order chi connectivity index (χ0) is 57.9. The van der Waals surface area contributed by atoms with E-state index in [1.807, 2.05) is 59.6 Å². The van der Waals surface area contributed by atoms with E-state index in [0.29, 0.717) is 10.9 Å². The van der Waals surface area contributed by atoms with Gasteiger partial charge in [-0.1, -0.05) is 177 Å². The molecule has 0 unspecified atom stereocenters. The zero-order valence-corrected chi connectivity index (χ0v) is 47.3. The molecule has 7 heterocycles. The molecule has 15 aromatic rings. The standard InChI is InChI=1S/C74H49BN4S3/c1-74(2,3)50-27-31-63-59(39-50)54-15-4-7-20-62(54)78(63)51-40-65-72-71(41-51)82-68-32-26-45(49-14-12-34-77-43-49)36-61(68)75(72)60-35-44(48-13-11-33-76-42-48)25-30-64(60)79(65)73-52(46-23-28-57-55-16-5-8-21-66(55)80-69(57)37-46)18-10-19-53(73)47-24-29-58-56-17-6-9-22-67(56)81-70(58)38-47/h4-43H,1-3H3/i4D,7D,15D,20D. The highest BCUT2D eigenvalue weighted by Gasteiger charge is 2.43. The van der Waals surface area contributed by atoms with Gasteiger partial charge in [0.05, 0.1) is 22.2 Å². The summed E-state index contributed by atoms with van der Waals surface area (Å²) in [6.07, 6.45) is 7.54. The largest absolute Gasteiger partial charge is 0.310 e. The second-order valence-electron chi connectivity index (χ2n) is 22.6. The fourth-order valence-electron chi connectivity index (χ4n) is 13.0. The Hall–Kier alpha value is -9.05. The Kier molecular flexibility index (Phi) is 9.72. The fraction of sp³-hybridized carbons (Fsp3) is 0.0541. The summed E-state index contributed by atoms with van der Waals surface area (Å²) in [7, 11) is 0. The van der Waals surface area contributed by atoms with Gasteiger partial charge in [0, 0.05) is 114 Å². The smallest absolute Gasteiger partial charge is 0.249 e. The van der Waals surface area contributed by atoms with Crippen LogP contribution in [0.3, 0.4) is 0 Å². The van der Waals surface area contributed by atoms with Gasteiger partial charge in [0.2, 0.25) is 6.71 Å². The number of fused-ring (bicyclic) bond motifs is 13. The van der Waals surface area contributed by atoms with Gasteiger partial charge in [-0.15, -0.1) is 22.7 Å². The first-order chi connectivity index (χ1) is 41.9. The van der Waals surface area contributed by atoms with Crippen LogP contribution in [0.1, 0.15) is 31.8 Å². The van der Waals surface area contributed by atoms with Crippen LogP contribution >= 0.6 is 34.4 Å². The Bertz CT molecular complexity index is 5270. The highest BCUT2D eigenvalue weighted by Crippen LogP contribution is 2.52. The van der Waals surface area contributed by atoms with E-state index in [4.69, 9.17) is 1.37 Å². The molecule has 0 atom stereocenters. The van der Waals surface area contributed by atoms with Crippen molar-refractivity contribution in [2.24, 2.45) is 0 Å². The summed E-state index contributed by atoms with van der Waals surface area (Å²) >= 11 is 5.41. The van der Waals surface area contributed by atoms with Crippen molar-refractivity contribution in [3.63, 3.8) is 0 Å². The number of hydrogen-bond donors (Lipinski definition) is 0. The topological polar surface area (TPSA) is 34.0 Å². The minimum absolute atomic E-state index is 0.0485. The Balaban J connectivity index is 1.02. The van der Waals surface area contributed by atoms with Gasteiger partial charge in [0.25, 0.3) is 0 Å². The van der Waals surface area contributed by atoms with Crippen molar-refractivity contribution in [2.45, 2.75) is 36.0 Å². The van der Waals surface area contributed by atoms with Crippen LogP contribution in [0.2, 0.25) is 0 Å². The summed E-state index contributed by atoms with van der Waals surface area (Å²) < 4.78 is 44.7. The predicted molar refractivity (Wildman–Crippen MR) is 352 cm³/mol. The van der Waals surface area contributed by atoms with Crippen LogP contribution in [0.4, 0.5) is 17.1 Å². The first-order valence-electron chi connectivity index (χ1n) is 29.7. The molecule has 0 bridgehead atoms. The van der Waals surface area contributed by atoms with E-state index < -0.39 is 0 Å². The molecule has 2 aliphatic rings. The summed E-state index contributed by atoms with van der Waals surface area (Å²) in [5, 5.41) is 6.27. The zero-order valence-electron chi connectivity index (χ0n) is 48.9. The normalized spacial score (nSPS) is 13.6. The van der Waals surface area contributed by atoms with Crippen molar-refractivity contribution < 1.29 is 5.48 Å². The number of rotatable bonds is 6. The molecule has 17 rings (SSSR count). The molecular formula is C74H49BN4S3. The molecule has 0 saturated carbocycles.